The van der Waals surface area contributed by atoms with Crippen molar-refractivity contribution < 1.29 is 9.47 Å². The minimum absolute atomic E-state index is 0.393. The topological polar surface area (TPSA) is 75.8 Å². The molecule has 168 valence electrons. The first-order valence-corrected chi connectivity index (χ1v) is 11.0. The van der Waals surface area contributed by atoms with Gasteiger partial charge in [-0.1, -0.05) is 30.4 Å². The van der Waals surface area contributed by atoms with Crippen LogP contribution in [0.3, 0.4) is 0 Å². The lowest BCUT2D eigenvalue weighted by atomic mass is 10.1. The van der Waals surface area contributed by atoms with Gasteiger partial charge in [0, 0.05) is 24.0 Å². The number of pyridine rings is 1. The number of benzene rings is 2. The number of ether oxygens (including phenoxy) is 2. The van der Waals surface area contributed by atoms with Crippen LogP contribution in [-0.4, -0.2) is 27.3 Å². The summed E-state index contributed by atoms with van der Waals surface area (Å²) in [5.74, 6) is 1.45. The van der Waals surface area contributed by atoms with Crippen molar-refractivity contribution in [3.63, 3.8) is 0 Å². The van der Waals surface area contributed by atoms with Gasteiger partial charge in [-0.05, 0) is 71.1 Å². The van der Waals surface area contributed by atoms with Crippen LogP contribution in [0.1, 0.15) is 28.2 Å². The molecule has 6 nitrogen and oxygen atoms in total. The molecule has 34 heavy (non-hydrogen) atoms. The van der Waals surface area contributed by atoms with Crippen LogP contribution in [0.4, 0.5) is 0 Å². The summed E-state index contributed by atoms with van der Waals surface area (Å²) in [5, 5.41) is 8.65. The highest BCUT2D eigenvalue weighted by atomic mass is 16.5. The maximum atomic E-state index is 5.92. The molecule has 0 bridgehead atoms. The Balaban J connectivity index is 1.27. The minimum Gasteiger partial charge on any atom is -0.497 e. The highest BCUT2D eigenvalue weighted by Gasteiger charge is 2.03. The molecular weight excluding hydrogens is 424 g/mol. The molecule has 0 unspecified atom stereocenters. The summed E-state index contributed by atoms with van der Waals surface area (Å²) in [5.41, 5.74) is 5.82. The fourth-order valence-electron chi connectivity index (χ4n) is 3.59. The van der Waals surface area contributed by atoms with Gasteiger partial charge in [0.15, 0.2) is 0 Å². The van der Waals surface area contributed by atoms with Gasteiger partial charge in [0.2, 0.25) is 0 Å². The van der Waals surface area contributed by atoms with Crippen molar-refractivity contribution in [1.29, 1.82) is 0 Å². The minimum atomic E-state index is 0.393. The Hall–Kier alpha value is -4.58. The number of rotatable bonds is 8. The van der Waals surface area contributed by atoms with Crippen molar-refractivity contribution in [3.8, 4) is 11.5 Å². The number of hydrogen-bond donors (Lipinski definition) is 2. The zero-order chi connectivity index (χ0) is 23.2. The average molecular weight is 449 g/mol. The van der Waals surface area contributed by atoms with Crippen molar-refractivity contribution in [2.24, 2.45) is 0 Å². The van der Waals surface area contributed by atoms with Crippen molar-refractivity contribution in [2.45, 2.75) is 6.61 Å². The van der Waals surface area contributed by atoms with Gasteiger partial charge in [0.25, 0.3) is 0 Å². The normalized spacial score (nSPS) is 11.6. The highest BCUT2D eigenvalue weighted by molar-refractivity contribution is 5.83. The molecule has 0 amide bonds. The van der Waals surface area contributed by atoms with E-state index >= 15 is 0 Å². The number of hydrogen-bond acceptors (Lipinski definition) is 4. The molecule has 5 aromatic rings. The quantitative estimate of drug-likeness (QED) is 0.296. The third-order valence-corrected chi connectivity index (χ3v) is 5.35. The van der Waals surface area contributed by atoms with Gasteiger partial charge in [-0.15, -0.1) is 0 Å². The summed E-state index contributed by atoms with van der Waals surface area (Å²) in [4.78, 5) is 7.53. The number of aromatic amines is 2. The Labute approximate surface area is 197 Å². The predicted octanol–water partition coefficient (Wildman–Crippen LogP) is 6.21. The smallest absolute Gasteiger partial charge is 0.130 e. The van der Waals surface area contributed by atoms with E-state index in [-0.39, 0.29) is 0 Å². The largest absolute Gasteiger partial charge is 0.497 e. The maximum absolute atomic E-state index is 5.92. The van der Waals surface area contributed by atoms with Crippen LogP contribution in [0.2, 0.25) is 0 Å². The third-order valence-electron chi connectivity index (χ3n) is 5.35. The Morgan fingerprint density at radius 1 is 0.853 bits per heavy atom. The Morgan fingerprint density at radius 3 is 2.65 bits per heavy atom. The van der Waals surface area contributed by atoms with Crippen molar-refractivity contribution >= 4 is 35.2 Å². The van der Waals surface area contributed by atoms with E-state index in [2.05, 4.69) is 50.5 Å². The number of nitrogens with one attached hydrogen (secondary N) is 2. The summed E-state index contributed by atoms with van der Waals surface area (Å²) in [7, 11) is 1.65. The maximum Gasteiger partial charge on any atom is 0.130 e. The lowest BCUT2D eigenvalue weighted by molar-refractivity contribution is 0.299. The summed E-state index contributed by atoms with van der Waals surface area (Å²) < 4.78 is 11.4. The standard InChI is InChI=1S/C28H24N4O2/c1-33-26-14-21(15-27(18-26)34-19-25-4-2-3-12-29-25)7-10-24-17-23(31-32-24)9-6-20-5-8-22-11-13-30-28(22)16-20/h2-18,30H,19H2,1H3,(H,31,32). The molecule has 3 heterocycles. The van der Waals surface area contributed by atoms with E-state index in [9.17, 15) is 0 Å². The van der Waals surface area contributed by atoms with Crippen LogP contribution in [0.25, 0.3) is 35.2 Å². The lowest BCUT2D eigenvalue weighted by Crippen LogP contribution is -1.98. The molecule has 0 saturated carbocycles. The summed E-state index contributed by atoms with van der Waals surface area (Å²) in [6.45, 7) is 0.393. The molecule has 2 aromatic carbocycles. The highest BCUT2D eigenvalue weighted by Crippen LogP contribution is 2.25. The lowest BCUT2D eigenvalue weighted by Gasteiger charge is -2.09. The van der Waals surface area contributed by atoms with Crippen LogP contribution >= 0.6 is 0 Å². The van der Waals surface area contributed by atoms with Crippen LogP contribution < -0.4 is 9.47 Å². The molecule has 0 saturated heterocycles. The van der Waals surface area contributed by atoms with Gasteiger partial charge in [-0.25, -0.2) is 0 Å². The van der Waals surface area contributed by atoms with Crippen LogP contribution in [-0.2, 0) is 6.61 Å². The van der Waals surface area contributed by atoms with Crippen molar-refractivity contribution in [3.05, 3.63) is 107 Å². The molecule has 0 aliphatic heterocycles. The SMILES string of the molecule is COc1cc(C=Cc2cc(C=Cc3ccc4cc[nH]c4c3)n[nH]2)cc(OCc2ccccn2)c1. The number of nitrogens with zero attached hydrogens (tertiary/aromatic N) is 2. The van der Waals surface area contributed by atoms with E-state index in [1.165, 1.54) is 5.39 Å². The van der Waals surface area contributed by atoms with Crippen LogP contribution in [0.15, 0.2) is 79.1 Å². The molecule has 0 aliphatic rings. The Bertz CT molecular complexity index is 1450. The first-order valence-electron chi connectivity index (χ1n) is 11.0. The van der Waals surface area contributed by atoms with E-state index in [1.807, 2.05) is 66.9 Å². The molecule has 2 N–H and O–H groups in total. The van der Waals surface area contributed by atoms with Crippen molar-refractivity contribution in [1.82, 2.24) is 20.2 Å². The predicted molar refractivity (Wildman–Crippen MR) is 136 cm³/mol. The Kier molecular flexibility index (Phi) is 6.21. The van der Waals surface area contributed by atoms with Gasteiger partial charge in [0.05, 0.1) is 24.2 Å². The number of aromatic nitrogens is 4. The molecule has 0 fully saturated rings. The van der Waals surface area contributed by atoms with E-state index in [4.69, 9.17) is 9.47 Å². The first-order chi connectivity index (χ1) is 16.7. The zero-order valence-corrected chi connectivity index (χ0v) is 18.7. The van der Waals surface area contributed by atoms with E-state index in [0.29, 0.717) is 6.61 Å². The third kappa shape index (κ3) is 5.24. The fourth-order valence-corrected chi connectivity index (χ4v) is 3.59. The molecule has 0 radical (unpaired) electrons. The summed E-state index contributed by atoms with van der Waals surface area (Å²) in [6.07, 6.45) is 11.7. The molecule has 0 spiro atoms. The van der Waals surface area contributed by atoms with E-state index in [0.717, 1.165) is 45.2 Å². The number of H-pyrrole nitrogens is 2. The second-order valence-electron chi connectivity index (χ2n) is 7.79. The second-order valence-corrected chi connectivity index (χ2v) is 7.79. The molecule has 5 rings (SSSR count). The van der Waals surface area contributed by atoms with Gasteiger partial charge in [-0.2, -0.15) is 5.10 Å². The second kappa shape index (κ2) is 9.92. The van der Waals surface area contributed by atoms with E-state index < -0.39 is 0 Å². The van der Waals surface area contributed by atoms with Gasteiger partial charge < -0.3 is 14.5 Å². The van der Waals surface area contributed by atoms with Crippen LogP contribution in [0, 0.1) is 0 Å². The fraction of sp³-hybridized carbons (Fsp3) is 0.0714. The summed E-state index contributed by atoms with van der Waals surface area (Å²) in [6, 6.07) is 21.9. The first kappa shape index (κ1) is 21.3. The molecule has 6 heteroatoms. The Morgan fingerprint density at radius 2 is 1.76 bits per heavy atom. The van der Waals surface area contributed by atoms with Gasteiger partial charge in [-0.3, -0.25) is 10.1 Å². The van der Waals surface area contributed by atoms with Gasteiger partial charge >= 0.3 is 0 Å². The molecule has 3 aromatic heterocycles. The number of fused-ring (bicyclic) bond motifs is 1. The zero-order valence-electron chi connectivity index (χ0n) is 18.7. The van der Waals surface area contributed by atoms with Crippen molar-refractivity contribution in [2.75, 3.05) is 7.11 Å². The summed E-state index contributed by atoms with van der Waals surface area (Å²) >= 11 is 0. The average Bonchev–Trinajstić information content (AvgIpc) is 3.54. The van der Waals surface area contributed by atoms with Gasteiger partial charge in [0.1, 0.15) is 18.1 Å². The number of methoxy groups -OCH3 is 1. The van der Waals surface area contributed by atoms with E-state index in [1.54, 1.807) is 13.3 Å². The van der Waals surface area contributed by atoms with Crippen LogP contribution in [0.5, 0.6) is 11.5 Å². The monoisotopic (exact) mass is 448 g/mol. The molecule has 0 atom stereocenters. The molecule has 0 aliphatic carbocycles. The molecular formula is C28H24N4O2.